The van der Waals surface area contributed by atoms with Gasteiger partial charge in [0.2, 0.25) is 5.91 Å². The number of aromatic nitrogens is 2. The molecule has 0 unspecified atom stereocenters. The molecule has 2 aromatic heterocycles. The monoisotopic (exact) mass is 563 g/mol. The summed E-state index contributed by atoms with van der Waals surface area (Å²) in [5.74, 6) is -0.911. The van der Waals surface area contributed by atoms with Crippen molar-refractivity contribution in [3.8, 4) is 0 Å². The number of para-hydroxylation sites is 1. The molecule has 210 valence electrons. The first-order valence-electron chi connectivity index (χ1n) is 13.3. The third kappa shape index (κ3) is 6.26. The quantitative estimate of drug-likeness (QED) is 0.294. The second kappa shape index (κ2) is 12.1. The normalized spacial score (nSPS) is 15.3. The Morgan fingerprint density at radius 2 is 1.82 bits per heavy atom. The Balaban J connectivity index is 1.31. The Labute approximate surface area is 237 Å². The van der Waals surface area contributed by atoms with Gasteiger partial charge in [-0.25, -0.2) is 14.2 Å². The van der Waals surface area contributed by atoms with Crippen LogP contribution in [0.25, 0.3) is 10.9 Å². The van der Waals surface area contributed by atoms with E-state index in [0.717, 1.165) is 27.8 Å². The molecule has 1 fully saturated rings. The highest BCUT2D eigenvalue weighted by Gasteiger charge is 2.32. The lowest BCUT2D eigenvalue weighted by Gasteiger charge is -2.37. The van der Waals surface area contributed by atoms with Crippen LogP contribution < -0.4 is 15.5 Å². The number of fused-ring (bicyclic) bond motifs is 1. The summed E-state index contributed by atoms with van der Waals surface area (Å²) in [6, 6.07) is 13.2. The number of rotatable bonds is 8. The summed E-state index contributed by atoms with van der Waals surface area (Å²) in [7, 11) is 3.93. The molecule has 1 aliphatic heterocycles. The fraction of sp³-hybridized carbons (Fsp3) is 0.345. The Bertz CT molecular complexity index is 1460. The van der Waals surface area contributed by atoms with Crippen molar-refractivity contribution in [3.63, 3.8) is 0 Å². The predicted octanol–water partition coefficient (Wildman–Crippen LogP) is 4.47. The molecule has 3 N–H and O–H groups in total. The number of hydrogen-bond donors (Lipinski definition) is 3. The topological polar surface area (TPSA) is 96.6 Å². The molecule has 0 aliphatic carbocycles. The van der Waals surface area contributed by atoms with Crippen LogP contribution in [0.3, 0.4) is 0 Å². The molecule has 9 nitrogen and oxygen atoms in total. The smallest absolute Gasteiger partial charge is 0.318 e. The minimum absolute atomic E-state index is 0.276. The zero-order valence-corrected chi connectivity index (χ0v) is 23.7. The maximum Gasteiger partial charge on any atom is 0.318 e. The van der Waals surface area contributed by atoms with Crippen LogP contribution in [-0.4, -0.2) is 78.0 Å². The summed E-state index contributed by atoms with van der Waals surface area (Å²) in [5.41, 5.74) is 3.71. The maximum atomic E-state index is 13.7. The Morgan fingerprint density at radius 3 is 2.55 bits per heavy atom. The van der Waals surface area contributed by atoms with Gasteiger partial charge in [-0.1, -0.05) is 25.1 Å². The fourth-order valence-electron chi connectivity index (χ4n) is 5.06. The molecular formula is C29H34FN7O2S. The summed E-state index contributed by atoms with van der Waals surface area (Å²) in [5, 5.41) is 9.39. The minimum Gasteiger partial charge on any atom is -0.368 e. The highest BCUT2D eigenvalue weighted by molar-refractivity contribution is 7.13. The second-order valence-corrected chi connectivity index (χ2v) is 11.2. The number of urea groups is 1. The van der Waals surface area contributed by atoms with Crippen molar-refractivity contribution in [2.24, 2.45) is 0 Å². The van der Waals surface area contributed by atoms with Crippen molar-refractivity contribution in [3.05, 3.63) is 77.2 Å². The Morgan fingerprint density at radius 1 is 1.10 bits per heavy atom. The number of carbonyl (C=O) groups excluding carboxylic acids is 2. The number of nitrogens with one attached hydrogen (secondary N) is 3. The first-order chi connectivity index (χ1) is 19.3. The van der Waals surface area contributed by atoms with E-state index in [1.54, 1.807) is 17.0 Å². The number of H-pyrrole nitrogens is 1. The van der Waals surface area contributed by atoms with Gasteiger partial charge in [0, 0.05) is 66.8 Å². The van der Waals surface area contributed by atoms with Crippen LogP contribution in [0.4, 0.5) is 20.0 Å². The van der Waals surface area contributed by atoms with Crippen molar-refractivity contribution in [1.82, 2.24) is 25.1 Å². The van der Waals surface area contributed by atoms with Gasteiger partial charge in [0.05, 0.1) is 5.69 Å². The lowest BCUT2D eigenvalue weighted by Crippen LogP contribution is -2.56. The molecule has 5 rings (SSSR count). The number of halogens is 1. The van der Waals surface area contributed by atoms with Crippen molar-refractivity contribution in [2.75, 3.05) is 50.5 Å². The molecule has 0 bridgehead atoms. The average molecular weight is 564 g/mol. The van der Waals surface area contributed by atoms with Gasteiger partial charge in [-0.05, 0) is 50.0 Å². The SMILES string of the molecule is C[C@H](c1c[nH]c2ccccc12)[C@@H](NC(=O)N1CCN(c2ccc(F)cc2)CC1)C(=O)Nc1nc(CN(C)C)cs1. The third-order valence-corrected chi connectivity index (χ3v) is 8.00. The van der Waals surface area contributed by atoms with Crippen LogP contribution in [-0.2, 0) is 11.3 Å². The minimum atomic E-state index is -0.831. The van der Waals surface area contributed by atoms with Crippen molar-refractivity contribution in [1.29, 1.82) is 0 Å². The van der Waals surface area contributed by atoms with Crippen LogP contribution in [0.15, 0.2) is 60.1 Å². The molecule has 2 atom stereocenters. The van der Waals surface area contributed by atoms with Crippen LogP contribution in [0, 0.1) is 5.82 Å². The highest BCUT2D eigenvalue weighted by atomic mass is 32.1. The van der Waals surface area contributed by atoms with E-state index < -0.39 is 6.04 Å². The molecular weight excluding hydrogens is 529 g/mol. The highest BCUT2D eigenvalue weighted by Crippen LogP contribution is 2.29. The molecule has 0 saturated carbocycles. The van der Waals surface area contributed by atoms with Gasteiger partial charge in [0.15, 0.2) is 5.13 Å². The average Bonchev–Trinajstić information content (AvgIpc) is 3.58. The van der Waals surface area contributed by atoms with Gasteiger partial charge in [0.25, 0.3) is 0 Å². The molecule has 4 aromatic rings. The van der Waals surface area contributed by atoms with E-state index in [9.17, 15) is 14.0 Å². The van der Waals surface area contributed by atoms with Gasteiger partial charge in [-0.15, -0.1) is 11.3 Å². The fourth-order valence-corrected chi connectivity index (χ4v) is 5.76. The number of anilines is 2. The number of amides is 3. The standard InChI is InChI=1S/C29H34FN7O2S/c1-19(24-16-31-25-7-5-4-6-23(24)25)26(27(38)34-28-32-21(18-40-28)17-35(2)3)33-29(39)37-14-12-36(13-15-37)22-10-8-20(30)9-11-22/h4-11,16,18-19,26,31H,12-15,17H2,1-3H3,(H,33,39)(H,32,34,38)/t19-,26-/m1/s1. The number of piperazine rings is 1. The molecule has 0 spiro atoms. The summed E-state index contributed by atoms with van der Waals surface area (Å²) in [6.07, 6.45) is 1.90. The van der Waals surface area contributed by atoms with E-state index in [-0.39, 0.29) is 23.7 Å². The van der Waals surface area contributed by atoms with Gasteiger partial charge >= 0.3 is 6.03 Å². The van der Waals surface area contributed by atoms with Gasteiger partial charge < -0.3 is 30.3 Å². The van der Waals surface area contributed by atoms with Gasteiger partial charge in [-0.2, -0.15) is 0 Å². The summed E-state index contributed by atoms with van der Waals surface area (Å²) < 4.78 is 13.3. The van der Waals surface area contributed by atoms with Gasteiger partial charge in [-0.3, -0.25) is 4.79 Å². The number of carbonyl (C=O) groups is 2. The first kappa shape index (κ1) is 27.6. The molecule has 0 radical (unpaired) electrons. The number of thiazole rings is 1. The van der Waals surface area contributed by atoms with E-state index in [2.05, 4.69) is 25.5 Å². The van der Waals surface area contributed by atoms with Crippen LogP contribution in [0.1, 0.15) is 24.1 Å². The molecule has 1 saturated heterocycles. The molecule has 1 aliphatic rings. The van der Waals surface area contributed by atoms with Gasteiger partial charge in [0.1, 0.15) is 11.9 Å². The predicted molar refractivity (Wildman–Crippen MR) is 157 cm³/mol. The van der Waals surface area contributed by atoms with Crippen molar-refractivity contribution < 1.29 is 14.0 Å². The van der Waals surface area contributed by atoms with E-state index in [1.165, 1.54) is 23.5 Å². The zero-order valence-electron chi connectivity index (χ0n) is 22.9. The number of aromatic amines is 1. The number of nitrogens with zero attached hydrogens (tertiary/aromatic N) is 4. The summed E-state index contributed by atoms with van der Waals surface area (Å²) in [6.45, 7) is 4.82. The largest absolute Gasteiger partial charge is 0.368 e. The maximum absolute atomic E-state index is 13.7. The van der Waals surface area contributed by atoms with Crippen LogP contribution in [0.2, 0.25) is 0 Å². The second-order valence-electron chi connectivity index (χ2n) is 10.3. The molecule has 2 aromatic carbocycles. The Kier molecular flexibility index (Phi) is 8.32. The van der Waals surface area contributed by atoms with E-state index in [4.69, 9.17) is 0 Å². The van der Waals surface area contributed by atoms with Crippen LogP contribution in [0.5, 0.6) is 0 Å². The zero-order chi connectivity index (χ0) is 28.2. The molecule has 3 heterocycles. The van der Waals surface area contributed by atoms with E-state index in [1.807, 2.05) is 61.8 Å². The number of hydrogen-bond acceptors (Lipinski definition) is 6. The van der Waals surface area contributed by atoms with E-state index >= 15 is 0 Å². The molecule has 11 heteroatoms. The van der Waals surface area contributed by atoms with Crippen molar-refractivity contribution in [2.45, 2.75) is 25.4 Å². The molecule has 40 heavy (non-hydrogen) atoms. The first-order valence-corrected chi connectivity index (χ1v) is 14.2. The van der Waals surface area contributed by atoms with Crippen molar-refractivity contribution >= 4 is 45.0 Å². The third-order valence-electron chi connectivity index (χ3n) is 7.19. The molecule has 3 amide bonds. The Hall–Kier alpha value is -3.96. The number of benzene rings is 2. The lowest BCUT2D eigenvalue weighted by atomic mass is 9.92. The van der Waals surface area contributed by atoms with Crippen LogP contribution >= 0.6 is 11.3 Å². The van der Waals surface area contributed by atoms with E-state index in [0.29, 0.717) is 37.9 Å². The lowest BCUT2D eigenvalue weighted by molar-refractivity contribution is -0.118. The summed E-state index contributed by atoms with van der Waals surface area (Å²) >= 11 is 1.37. The summed E-state index contributed by atoms with van der Waals surface area (Å²) in [4.78, 5) is 40.8.